The molecule has 0 aliphatic heterocycles. The van der Waals surface area contributed by atoms with Gasteiger partial charge in [-0.15, -0.1) is 0 Å². The number of halogens is 3. The lowest BCUT2D eigenvalue weighted by Gasteiger charge is -2.21. The normalized spacial score (nSPS) is 11.4. The highest BCUT2D eigenvalue weighted by molar-refractivity contribution is 9.10. The summed E-state index contributed by atoms with van der Waals surface area (Å²) in [5.41, 5.74) is 1.68. The van der Waals surface area contributed by atoms with E-state index in [1.54, 1.807) is 37.4 Å². The number of hydrogen-bond donors (Lipinski definition) is 0. The molecular weight excluding hydrogens is 446 g/mol. The molecule has 0 bridgehead atoms. The molecule has 1 aromatic heterocycles. The fraction of sp³-hybridized carbons (Fsp3) is 0.286. The Morgan fingerprint density at radius 1 is 1.17 bits per heavy atom. The van der Waals surface area contributed by atoms with Crippen molar-refractivity contribution in [2.45, 2.75) is 26.7 Å². The van der Waals surface area contributed by atoms with Crippen LogP contribution in [0, 0.1) is 0 Å². The molecule has 8 heteroatoms. The number of ether oxygens (including phenoxy) is 2. The third-order valence-electron chi connectivity index (χ3n) is 4.32. The van der Waals surface area contributed by atoms with E-state index in [9.17, 15) is 13.6 Å². The average Bonchev–Trinajstić information content (AvgIpc) is 2.66. The van der Waals surface area contributed by atoms with Gasteiger partial charge in [0.25, 0.3) is 0 Å². The van der Waals surface area contributed by atoms with Crippen molar-refractivity contribution in [3.05, 3.63) is 68.9 Å². The lowest BCUT2D eigenvalue weighted by Crippen LogP contribution is -2.23. The lowest BCUT2D eigenvalue weighted by atomic mass is 10.2. The maximum atomic E-state index is 12.6. The summed E-state index contributed by atoms with van der Waals surface area (Å²) in [7, 11) is 1.94. The zero-order valence-corrected chi connectivity index (χ0v) is 17.7. The zero-order valence-electron chi connectivity index (χ0n) is 16.1. The first-order valence-electron chi connectivity index (χ1n) is 9.05. The number of hydrogen-bond acceptors (Lipinski definition) is 4. The van der Waals surface area contributed by atoms with Crippen LogP contribution < -0.4 is 14.9 Å². The zero-order chi connectivity index (χ0) is 21.0. The Kier molecular flexibility index (Phi) is 6.87. The minimum absolute atomic E-state index is 0.0172. The molecule has 0 atom stereocenters. The SMILES string of the molecule is CCOc1cc(CN(C)Cn2ccc(=O)c3cccc(Br)c32)ccc1OC(F)F. The second-order valence-electron chi connectivity index (χ2n) is 6.53. The second kappa shape index (κ2) is 9.37. The van der Waals surface area contributed by atoms with Gasteiger partial charge in [-0.3, -0.25) is 9.69 Å². The van der Waals surface area contributed by atoms with E-state index in [1.165, 1.54) is 6.07 Å². The van der Waals surface area contributed by atoms with Crippen molar-refractivity contribution in [2.75, 3.05) is 13.7 Å². The molecule has 0 saturated carbocycles. The number of para-hydroxylation sites is 1. The maximum absolute atomic E-state index is 12.6. The Balaban J connectivity index is 1.82. The summed E-state index contributed by atoms with van der Waals surface area (Å²) >= 11 is 3.52. The van der Waals surface area contributed by atoms with Gasteiger partial charge in [0.15, 0.2) is 16.9 Å². The van der Waals surface area contributed by atoms with Crippen LogP contribution in [0.2, 0.25) is 0 Å². The highest BCUT2D eigenvalue weighted by atomic mass is 79.9. The molecule has 0 aliphatic carbocycles. The van der Waals surface area contributed by atoms with Crippen LogP contribution in [-0.2, 0) is 13.2 Å². The lowest BCUT2D eigenvalue weighted by molar-refractivity contribution is -0.0514. The van der Waals surface area contributed by atoms with Crippen molar-refractivity contribution < 1.29 is 18.3 Å². The Labute approximate surface area is 175 Å². The Morgan fingerprint density at radius 2 is 1.97 bits per heavy atom. The van der Waals surface area contributed by atoms with Crippen LogP contribution in [0.25, 0.3) is 10.9 Å². The van der Waals surface area contributed by atoms with Crippen molar-refractivity contribution in [2.24, 2.45) is 0 Å². The molecule has 0 spiro atoms. The summed E-state index contributed by atoms with van der Waals surface area (Å²) in [5.74, 6) is 0.304. The van der Waals surface area contributed by atoms with Crippen molar-refractivity contribution in [1.29, 1.82) is 0 Å². The molecule has 2 aromatic carbocycles. The van der Waals surface area contributed by atoms with E-state index in [0.717, 1.165) is 15.6 Å². The molecule has 0 N–H and O–H groups in total. The van der Waals surface area contributed by atoms with Crippen LogP contribution in [0.4, 0.5) is 8.78 Å². The minimum Gasteiger partial charge on any atom is -0.490 e. The summed E-state index contributed by atoms with van der Waals surface area (Å²) < 4.78 is 37.9. The van der Waals surface area contributed by atoms with E-state index in [-0.39, 0.29) is 16.9 Å². The molecule has 3 rings (SSSR count). The highest BCUT2D eigenvalue weighted by Crippen LogP contribution is 2.30. The fourth-order valence-electron chi connectivity index (χ4n) is 3.18. The number of aromatic nitrogens is 1. The van der Waals surface area contributed by atoms with Gasteiger partial charge in [-0.2, -0.15) is 8.78 Å². The first kappa shape index (κ1) is 21.3. The molecule has 3 aromatic rings. The van der Waals surface area contributed by atoms with Gasteiger partial charge in [-0.25, -0.2) is 0 Å². The van der Waals surface area contributed by atoms with Gasteiger partial charge in [0, 0.05) is 28.7 Å². The predicted molar refractivity (Wildman–Crippen MR) is 112 cm³/mol. The first-order chi connectivity index (χ1) is 13.9. The number of alkyl halides is 2. The number of rotatable bonds is 8. The summed E-state index contributed by atoms with van der Waals surface area (Å²) in [5, 5.41) is 0.641. The molecule has 0 saturated heterocycles. The van der Waals surface area contributed by atoms with Crippen LogP contribution in [-0.4, -0.2) is 29.7 Å². The molecule has 0 fully saturated rings. The van der Waals surface area contributed by atoms with Gasteiger partial charge in [-0.05, 0) is 59.7 Å². The molecule has 1 heterocycles. The van der Waals surface area contributed by atoms with Gasteiger partial charge in [-0.1, -0.05) is 12.1 Å². The third-order valence-corrected chi connectivity index (χ3v) is 4.96. The quantitative estimate of drug-likeness (QED) is 0.475. The molecule has 0 amide bonds. The second-order valence-corrected chi connectivity index (χ2v) is 7.39. The van der Waals surface area contributed by atoms with Crippen molar-refractivity contribution in [3.8, 4) is 11.5 Å². The molecule has 0 unspecified atom stereocenters. The van der Waals surface area contributed by atoms with Crippen molar-refractivity contribution in [1.82, 2.24) is 9.47 Å². The van der Waals surface area contributed by atoms with E-state index < -0.39 is 6.61 Å². The molecular formula is C21H21BrF2N2O3. The van der Waals surface area contributed by atoms with Gasteiger partial charge in [0.2, 0.25) is 0 Å². The van der Waals surface area contributed by atoms with E-state index >= 15 is 0 Å². The molecule has 5 nitrogen and oxygen atoms in total. The van der Waals surface area contributed by atoms with E-state index in [4.69, 9.17) is 4.74 Å². The van der Waals surface area contributed by atoms with Gasteiger partial charge >= 0.3 is 6.61 Å². The van der Waals surface area contributed by atoms with Crippen LogP contribution in [0.1, 0.15) is 12.5 Å². The average molecular weight is 467 g/mol. The van der Waals surface area contributed by atoms with Crippen LogP contribution >= 0.6 is 15.9 Å². The fourth-order valence-corrected chi connectivity index (χ4v) is 3.77. The standard InChI is InChI=1S/C21H21BrF2N2O3/c1-3-28-19-11-14(7-8-18(19)29-21(23)24)12-25(2)13-26-10-9-17(27)15-5-4-6-16(22)20(15)26/h4-11,21H,3,12-13H2,1-2H3. The van der Waals surface area contributed by atoms with Gasteiger partial charge < -0.3 is 14.0 Å². The summed E-state index contributed by atoms with van der Waals surface area (Å²) in [6, 6.07) is 12.0. The predicted octanol–water partition coefficient (Wildman–Crippen LogP) is 4.85. The van der Waals surface area contributed by atoms with Crippen LogP contribution in [0.3, 0.4) is 0 Å². The number of pyridine rings is 1. The van der Waals surface area contributed by atoms with Crippen molar-refractivity contribution >= 4 is 26.8 Å². The van der Waals surface area contributed by atoms with Crippen molar-refractivity contribution in [3.63, 3.8) is 0 Å². The molecule has 0 radical (unpaired) electrons. The van der Waals surface area contributed by atoms with Crippen LogP contribution in [0.5, 0.6) is 11.5 Å². The molecule has 154 valence electrons. The Morgan fingerprint density at radius 3 is 2.69 bits per heavy atom. The summed E-state index contributed by atoms with van der Waals surface area (Å²) in [4.78, 5) is 14.2. The van der Waals surface area contributed by atoms with Crippen LogP contribution in [0.15, 0.2) is 57.9 Å². The van der Waals surface area contributed by atoms with E-state index in [2.05, 4.69) is 20.7 Å². The van der Waals surface area contributed by atoms with E-state index in [1.807, 2.05) is 28.6 Å². The first-order valence-corrected chi connectivity index (χ1v) is 9.85. The van der Waals surface area contributed by atoms with Gasteiger partial charge in [0.1, 0.15) is 0 Å². The Hall–Kier alpha value is -2.45. The number of fused-ring (bicyclic) bond motifs is 1. The third kappa shape index (κ3) is 5.13. The molecule has 29 heavy (non-hydrogen) atoms. The smallest absolute Gasteiger partial charge is 0.387 e. The number of benzene rings is 2. The summed E-state index contributed by atoms with van der Waals surface area (Å²) in [6.45, 7) is 0.293. The maximum Gasteiger partial charge on any atom is 0.387 e. The van der Waals surface area contributed by atoms with E-state index in [0.29, 0.717) is 25.2 Å². The minimum atomic E-state index is -2.91. The monoisotopic (exact) mass is 466 g/mol. The summed E-state index contributed by atoms with van der Waals surface area (Å²) in [6.07, 6.45) is 1.76. The number of nitrogens with zero attached hydrogens (tertiary/aromatic N) is 2. The largest absolute Gasteiger partial charge is 0.490 e. The highest BCUT2D eigenvalue weighted by Gasteiger charge is 2.13. The topological polar surface area (TPSA) is 43.7 Å². The van der Waals surface area contributed by atoms with Gasteiger partial charge in [0.05, 0.1) is 18.8 Å². The Bertz CT molecular complexity index is 1060. The molecule has 0 aliphatic rings.